The first kappa shape index (κ1) is 13.0. The number of amides is 2. The van der Waals surface area contributed by atoms with Crippen molar-refractivity contribution in [2.75, 3.05) is 6.54 Å². The van der Waals surface area contributed by atoms with Crippen molar-refractivity contribution in [2.45, 2.75) is 45.8 Å². The van der Waals surface area contributed by atoms with Gasteiger partial charge in [0.05, 0.1) is 6.04 Å². The Morgan fingerprint density at radius 1 is 1.38 bits per heavy atom. The molecule has 0 saturated carbocycles. The summed E-state index contributed by atoms with van der Waals surface area (Å²) in [6.45, 7) is 8.07. The molecular formula is C11H20N2O3. The van der Waals surface area contributed by atoms with Gasteiger partial charge in [-0.3, -0.25) is 10.1 Å². The average molecular weight is 228 g/mol. The van der Waals surface area contributed by atoms with E-state index in [9.17, 15) is 9.59 Å². The Morgan fingerprint density at radius 3 is 2.44 bits per heavy atom. The number of carbonyl (C=O) groups is 2. The topological polar surface area (TPSA) is 67.4 Å². The zero-order chi connectivity index (χ0) is 12.3. The zero-order valence-corrected chi connectivity index (χ0v) is 10.3. The lowest BCUT2D eigenvalue weighted by Gasteiger charge is -2.20. The van der Waals surface area contributed by atoms with Gasteiger partial charge in [0.2, 0.25) is 5.91 Å². The summed E-state index contributed by atoms with van der Waals surface area (Å²) >= 11 is 0. The lowest BCUT2D eigenvalue weighted by Crippen LogP contribution is -2.47. The Labute approximate surface area is 95.9 Å². The van der Waals surface area contributed by atoms with Crippen LogP contribution in [0.1, 0.15) is 34.1 Å². The minimum Gasteiger partial charge on any atom is -0.444 e. The number of hydrogen-bond acceptors (Lipinski definition) is 4. The highest BCUT2D eigenvalue weighted by Gasteiger charge is 2.31. The van der Waals surface area contributed by atoms with E-state index in [-0.39, 0.29) is 17.9 Å². The van der Waals surface area contributed by atoms with E-state index in [1.165, 1.54) is 0 Å². The van der Waals surface area contributed by atoms with Crippen LogP contribution in [0.5, 0.6) is 0 Å². The van der Waals surface area contributed by atoms with Crippen LogP contribution >= 0.6 is 0 Å². The second-order valence-electron chi connectivity index (χ2n) is 5.19. The summed E-state index contributed by atoms with van der Waals surface area (Å²) in [7, 11) is 0. The van der Waals surface area contributed by atoms with Crippen molar-refractivity contribution in [3.63, 3.8) is 0 Å². The molecule has 92 valence electrons. The van der Waals surface area contributed by atoms with Gasteiger partial charge in [-0.05, 0) is 39.7 Å². The molecular weight excluding hydrogens is 208 g/mol. The lowest BCUT2D eigenvalue weighted by atomic mass is 10.0. The molecule has 0 aromatic carbocycles. The molecule has 1 aliphatic heterocycles. The molecule has 5 heteroatoms. The second kappa shape index (κ2) is 4.82. The van der Waals surface area contributed by atoms with Gasteiger partial charge < -0.3 is 10.1 Å². The summed E-state index contributed by atoms with van der Waals surface area (Å²) in [6, 6.07) is -0.285. The van der Waals surface area contributed by atoms with Crippen LogP contribution in [0.3, 0.4) is 0 Å². The average Bonchev–Trinajstić information content (AvgIpc) is 2.47. The highest BCUT2D eigenvalue weighted by Crippen LogP contribution is 2.14. The molecule has 1 heterocycles. The molecule has 0 aliphatic carbocycles. The molecule has 5 nitrogen and oxygen atoms in total. The van der Waals surface area contributed by atoms with E-state index in [1.54, 1.807) is 20.8 Å². The quantitative estimate of drug-likeness (QED) is 0.703. The third-order valence-corrected chi connectivity index (χ3v) is 2.44. The molecule has 1 aliphatic rings. The van der Waals surface area contributed by atoms with Crippen LogP contribution < -0.4 is 10.6 Å². The van der Waals surface area contributed by atoms with Crippen molar-refractivity contribution in [3.05, 3.63) is 0 Å². The van der Waals surface area contributed by atoms with Crippen LogP contribution in [0.2, 0.25) is 0 Å². The summed E-state index contributed by atoms with van der Waals surface area (Å²) in [5.41, 5.74) is -0.584. The van der Waals surface area contributed by atoms with Gasteiger partial charge in [-0.1, -0.05) is 6.92 Å². The van der Waals surface area contributed by atoms with Crippen LogP contribution in [0, 0.1) is 5.92 Å². The monoisotopic (exact) mass is 228 g/mol. The number of alkyl carbamates (subject to hydrolysis) is 1. The minimum absolute atomic E-state index is 0.252. The molecule has 2 atom stereocenters. The van der Waals surface area contributed by atoms with Crippen LogP contribution in [-0.4, -0.2) is 30.2 Å². The number of hydrogen-bond donors (Lipinski definition) is 2. The Kier molecular flexibility index (Phi) is 3.91. The number of rotatable bonds is 1. The third kappa shape index (κ3) is 3.81. The van der Waals surface area contributed by atoms with E-state index in [4.69, 9.17) is 4.74 Å². The molecule has 0 spiro atoms. The van der Waals surface area contributed by atoms with Crippen LogP contribution in [-0.2, 0) is 9.53 Å². The van der Waals surface area contributed by atoms with E-state index in [2.05, 4.69) is 10.6 Å². The van der Waals surface area contributed by atoms with Crippen molar-refractivity contribution in [1.82, 2.24) is 10.6 Å². The summed E-state index contributed by atoms with van der Waals surface area (Å²) in [5.74, 6) is -0.0540. The van der Waals surface area contributed by atoms with E-state index < -0.39 is 11.7 Å². The van der Waals surface area contributed by atoms with E-state index in [0.717, 1.165) is 13.0 Å². The molecule has 0 radical (unpaired) electrons. The van der Waals surface area contributed by atoms with Crippen molar-refractivity contribution in [2.24, 2.45) is 5.92 Å². The maximum absolute atomic E-state index is 11.7. The SMILES string of the molecule is C[C@H]1CCN[C@@H]1C(=O)NC(=O)OC(C)(C)C. The smallest absolute Gasteiger partial charge is 0.414 e. The molecule has 1 rings (SSSR count). The number of nitrogens with one attached hydrogen (secondary N) is 2. The van der Waals surface area contributed by atoms with Gasteiger partial charge >= 0.3 is 6.09 Å². The van der Waals surface area contributed by atoms with Gasteiger partial charge in [-0.15, -0.1) is 0 Å². The first-order chi connectivity index (χ1) is 7.29. The number of imide groups is 1. The summed E-state index contributed by atoms with van der Waals surface area (Å²) in [5, 5.41) is 5.30. The Morgan fingerprint density at radius 2 is 2.00 bits per heavy atom. The molecule has 2 amide bonds. The van der Waals surface area contributed by atoms with Gasteiger partial charge in [0.25, 0.3) is 0 Å². The Hall–Kier alpha value is -1.10. The van der Waals surface area contributed by atoms with Crippen LogP contribution in [0.4, 0.5) is 4.79 Å². The molecule has 16 heavy (non-hydrogen) atoms. The Bertz CT molecular complexity index is 283. The van der Waals surface area contributed by atoms with Gasteiger partial charge in [0, 0.05) is 0 Å². The van der Waals surface area contributed by atoms with Gasteiger partial charge in [-0.2, -0.15) is 0 Å². The predicted molar refractivity (Wildman–Crippen MR) is 59.9 cm³/mol. The zero-order valence-electron chi connectivity index (χ0n) is 10.3. The fourth-order valence-electron chi connectivity index (χ4n) is 1.67. The molecule has 0 bridgehead atoms. The minimum atomic E-state index is -0.682. The van der Waals surface area contributed by atoms with Crippen LogP contribution in [0.15, 0.2) is 0 Å². The summed E-state index contributed by atoms with van der Waals surface area (Å²) < 4.78 is 5.00. The highest BCUT2D eigenvalue weighted by molar-refractivity contribution is 5.95. The molecule has 0 aromatic rings. The Balaban J connectivity index is 2.42. The molecule has 0 unspecified atom stereocenters. The summed E-state index contributed by atoms with van der Waals surface area (Å²) in [6.07, 6.45) is 0.269. The lowest BCUT2D eigenvalue weighted by molar-refractivity contribution is -0.123. The first-order valence-electron chi connectivity index (χ1n) is 5.57. The predicted octanol–water partition coefficient (Wildman–Crippen LogP) is 1.04. The number of carbonyl (C=O) groups excluding carboxylic acids is 2. The number of ether oxygens (including phenoxy) is 1. The highest BCUT2D eigenvalue weighted by atomic mass is 16.6. The summed E-state index contributed by atoms with van der Waals surface area (Å²) in [4.78, 5) is 23.0. The van der Waals surface area contributed by atoms with Gasteiger partial charge in [-0.25, -0.2) is 4.79 Å². The fourth-order valence-corrected chi connectivity index (χ4v) is 1.67. The normalized spacial score (nSPS) is 25.2. The maximum atomic E-state index is 11.7. The van der Waals surface area contributed by atoms with E-state index in [0.29, 0.717) is 0 Å². The third-order valence-electron chi connectivity index (χ3n) is 2.44. The van der Waals surface area contributed by atoms with Crippen molar-refractivity contribution >= 4 is 12.0 Å². The molecule has 1 saturated heterocycles. The van der Waals surface area contributed by atoms with Gasteiger partial charge in [0.1, 0.15) is 5.60 Å². The van der Waals surface area contributed by atoms with Crippen LogP contribution in [0.25, 0.3) is 0 Å². The van der Waals surface area contributed by atoms with Gasteiger partial charge in [0.15, 0.2) is 0 Å². The van der Waals surface area contributed by atoms with Crippen molar-refractivity contribution < 1.29 is 14.3 Å². The second-order valence-corrected chi connectivity index (χ2v) is 5.19. The van der Waals surface area contributed by atoms with Crippen molar-refractivity contribution in [1.29, 1.82) is 0 Å². The molecule has 1 fully saturated rings. The van der Waals surface area contributed by atoms with Crippen molar-refractivity contribution in [3.8, 4) is 0 Å². The molecule has 0 aromatic heterocycles. The standard InChI is InChI=1S/C11H20N2O3/c1-7-5-6-12-8(7)9(14)13-10(15)16-11(2,3)4/h7-8,12H,5-6H2,1-4H3,(H,13,14,15)/t7-,8-/m0/s1. The van der Waals surface area contributed by atoms with E-state index >= 15 is 0 Å². The first-order valence-corrected chi connectivity index (χ1v) is 5.57. The fraction of sp³-hybridized carbons (Fsp3) is 0.818. The molecule has 2 N–H and O–H groups in total. The maximum Gasteiger partial charge on any atom is 0.414 e. The largest absolute Gasteiger partial charge is 0.444 e. The van der Waals surface area contributed by atoms with E-state index in [1.807, 2.05) is 6.92 Å².